The molecule has 1 heterocycles. The largest absolute Gasteiger partial charge is 0.322 e. The minimum atomic E-state index is -0.122. The van der Waals surface area contributed by atoms with Crippen LogP contribution >= 0.6 is 11.6 Å². The van der Waals surface area contributed by atoms with Crippen molar-refractivity contribution in [1.29, 1.82) is 0 Å². The molecule has 0 aliphatic rings. The third kappa shape index (κ3) is 3.37. The highest BCUT2D eigenvalue weighted by atomic mass is 35.5. The first-order chi connectivity index (χ1) is 9.11. The molecule has 0 radical (unpaired) electrons. The Kier molecular flexibility index (Phi) is 4.61. The molecule has 2 N–H and O–H groups in total. The van der Waals surface area contributed by atoms with Gasteiger partial charge >= 0.3 is 0 Å². The standard InChI is InChI=1S/C15H20ClN3/c1-3-7-19-15(13(16)10-18-19)14(17)9-12-6-4-5-11(2)8-12/h4-6,8,10,14H,3,7,9,17H2,1-2H3. The van der Waals surface area contributed by atoms with Gasteiger partial charge in [-0.1, -0.05) is 48.4 Å². The number of aryl methyl sites for hydroxylation is 2. The van der Waals surface area contributed by atoms with Crippen molar-refractivity contribution in [1.82, 2.24) is 9.78 Å². The van der Waals surface area contributed by atoms with Gasteiger partial charge in [-0.05, 0) is 25.3 Å². The lowest BCUT2D eigenvalue weighted by molar-refractivity contribution is 0.538. The molecule has 1 aromatic carbocycles. The van der Waals surface area contributed by atoms with E-state index in [1.807, 2.05) is 4.68 Å². The molecule has 0 amide bonds. The molecule has 1 atom stereocenters. The van der Waals surface area contributed by atoms with Crippen LogP contribution in [0.4, 0.5) is 0 Å². The summed E-state index contributed by atoms with van der Waals surface area (Å²) < 4.78 is 1.92. The summed E-state index contributed by atoms with van der Waals surface area (Å²) >= 11 is 6.21. The number of hydrogen-bond donors (Lipinski definition) is 1. The fraction of sp³-hybridized carbons (Fsp3) is 0.400. The number of halogens is 1. The van der Waals surface area contributed by atoms with E-state index in [2.05, 4.69) is 43.2 Å². The van der Waals surface area contributed by atoms with Gasteiger partial charge in [0.2, 0.25) is 0 Å². The Bertz CT molecular complexity index is 548. The van der Waals surface area contributed by atoms with E-state index in [1.54, 1.807) is 6.20 Å². The number of nitrogens with two attached hydrogens (primary N) is 1. The van der Waals surface area contributed by atoms with Gasteiger partial charge < -0.3 is 5.73 Å². The summed E-state index contributed by atoms with van der Waals surface area (Å²) in [4.78, 5) is 0. The second-order valence-corrected chi connectivity index (χ2v) is 5.31. The maximum Gasteiger partial charge on any atom is 0.0834 e. The lowest BCUT2D eigenvalue weighted by Gasteiger charge is -2.15. The smallest absolute Gasteiger partial charge is 0.0834 e. The van der Waals surface area contributed by atoms with Crippen molar-refractivity contribution in [3.05, 3.63) is 52.3 Å². The summed E-state index contributed by atoms with van der Waals surface area (Å²) in [5, 5.41) is 4.95. The molecule has 1 aromatic heterocycles. The van der Waals surface area contributed by atoms with Crippen LogP contribution in [0.2, 0.25) is 5.02 Å². The van der Waals surface area contributed by atoms with Crippen molar-refractivity contribution >= 4 is 11.6 Å². The van der Waals surface area contributed by atoms with Gasteiger partial charge in [0.15, 0.2) is 0 Å². The molecule has 19 heavy (non-hydrogen) atoms. The number of aromatic nitrogens is 2. The summed E-state index contributed by atoms with van der Waals surface area (Å²) in [6.45, 7) is 5.05. The average Bonchev–Trinajstić information content (AvgIpc) is 2.71. The Morgan fingerprint density at radius 1 is 1.42 bits per heavy atom. The SMILES string of the molecule is CCCn1ncc(Cl)c1C(N)Cc1cccc(C)c1. The number of hydrogen-bond acceptors (Lipinski definition) is 2. The molecular formula is C15H20ClN3. The summed E-state index contributed by atoms with van der Waals surface area (Å²) in [7, 11) is 0. The topological polar surface area (TPSA) is 43.8 Å². The van der Waals surface area contributed by atoms with E-state index in [0.29, 0.717) is 5.02 Å². The zero-order chi connectivity index (χ0) is 13.8. The second kappa shape index (κ2) is 6.22. The maximum absolute atomic E-state index is 6.31. The van der Waals surface area contributed by atoms with Crippen molar-refractivity contribution in [3.8, 4) is 0 Å². The molecule has 0 bridgehead atoms. The van der Waals surface area contributed by atoms with Gasteiger partial charge in [0.1, 0.15) is 0 Å². The van der Waals surface area contributed by atoms with Gasteiger partial charge in [-0.25, -0.2) is 0 Å². The molecule has 0 fully saturated rings. The van der Waals surface area contributed by atoms with Crippen molar-refractivity contribution in [3.63, 3.8) is 0 Å². The van der Waals surface area contributed by atoms with E-state index in [9.17, 15) is 0 Å². The Balaban J connectivity index is 2.20. The number of nitrogens with zero attached hydrogens (tertiary/aromatic N) is 2. The van der Waals surface area contributed by atoms with E-state index in [-0.39, 0.29) is 6.04 Å². The predicted octanol–water partition coefficient (Wildman–Crippen LogP) is 3.50. The third-order valence-electron chi connectivity index (χ3n) is 3.16. The number of rotatable bonds is 5. The Morgan fingerprint density at radius 3 is 2.89 bits per heavy atom. The highest BCUT2D eigenvalue weighted by Crippen LogP contribution is 2.24. The molecule has 3 nitrogen and oxygen atoms in total. The van der Waals surface area contributed by atoms with Crippen LogP contribution in [0.1, 0.15) is 36.2 Å². The molecule has 0 aliphatic carbocycles. The van der Waals surface area contributed by atoms with Gasteiger partial charge in [0.25, 0.3) is 0 Å². The van der Waals surface area contributed by atoms with Gasteiger partial charge in [-0.3, -0.25) is 4.68 Å². The summed E-state index contributed by atoms with van der Waals surface area (Å²) in [5.41, 5.74) is 9.72. The summed E-state index contributed by atoms with van der Waals surface area (Å²) in [6.07, 6.45) is 3.47. The van der Waals surface area contributed by atoms with Crippen LogP contribution < -0.4 is 5.73 Å². The minimum absolute atomic E-state index is 0.122. The van der Waals surface area contributed by atoms with Crippen LogP contribution in [0.25, 0.3) is 0 Å². The molecular weight excluding hydrogens is 258 g/mol. The monoisotopic (exact) mass is 277 g/mol. The summed E-state index contributed by atoms with van der Waals surface area (Å²) in [6, 6.07) is 8.28. The van der Waals surface area contributed by atoms with Gasteiger partial charge in [-0.2, -0.15) is 5.10 Å². The van der Waals surface area contributed by atoms with Crippen LogP contribution in [-0.2, 0) is 13.0 Å². The maximum atomic E-state index is 6.31. The molecule has 1 unspecified atom stereocenters. The van der Waals surface area contributed by atoms with Gasteiger partial charge in [-0.15, -0.1) is 0 Å². The van der Waals surface area contributed by atoms with Crippen molar-refractivity contribution in [2.75, 3.05) is 0 Å². The molecule has 0 saturated heterocycles. The van der Waals surface area contributed by atoms with Gasteiger partial charge in [0, 0.05) is 6.54 Å². The molecule has 2 aromatic rings. The number of benzene rings is 1. The lowest BCUT2D eigenvalue weighted by Crippen LogP contribution is -2.19. The first-order valence-corrected chi connectivity index (χ1v) is 7.02. The van der Waals surface area contributed by atoms with E-state index in [0.717, 1.165) is 25.1 Å². The Hall–Kier alpha value is -1.32. The molecule has 0 spiro atoms. The first kappa shape index (κ1) is 14.1. The Morgan fingerprint density at radius 2 is 2.21 bits per heavy atom. The highest BCUT2D eigenvalue weighted by molar-refractivity contribution is 6.31. The van der Waals surface area contributed by atoms with Crippen LogP contribution in [0.3, 0.4) is 0 Å². The molecule has 4 heteroatoms. The van der Waals surface area contributed by atoms with Gasteiger partial charge in [0.05, 0.1) is 23.0 Å². The van der Waals surface area contributed by atoms with Crippen molar-refractivity contribution < 1.29 is 0 Å². The first-order valence-electron chi connectivity index (χ1n) is 6.64. The van der Waals surface area contributed by atoms with E-state index in [1.165, 1.54) is 11.1 Å². The normalized spacial score (nSPS) is 12.6. The highest BCUT2D eigenvalue weighted by Gasteiger charge is 2.17. The minimum Gasteiger partial charge on any atom is -0.322 e. The second-order valence-electron chi connectivity index (χ2n) is 4.90. The van der Waals surface area contributed by atoms with E-state index in [4.69, 9.17) is 17.3 Å². The van der Waals surface area contributed by atoms with Crippen LogP contribution in [0.15, 0.2) is 30.5 Å². The van der Waals surface area contributed by atoms with Crippen LogP contribution in [0, 0.1) is 6.92 Å². The lowest BCUT2D eigenvalue weighted by atomic mass is 10.0. The van der Waals surface area contributed by atoms with Crippen molar-refractivity contribution in [2.24, 2.45) is 5.73 Å². The van der Waals surface area contributed by atoms with Crippen LogP contribution in [-0.4, -0.2) is 9.78 Å². The van der Waals surface area contributed by atoms with E-state index >= 15 is 0 Å². The van der Waals surface area contributed by atoms with Crippen LogP contribution in [0.5, 0.6) is 0 Å². The fourth-order valence-corrected chi connectivity index (χ4v) is 2.60. The van der Waals surface area contributed by atoms with E-state index < -0.39 is 0 Å². The van der Waals surface area contributed by atoms with Crippen molar-refractivity contribution in [2.45, 2.75) is 39.3 Å². The Labute approximate surface area is 119 Å². The molecule has 2 rings (SSSR count). The zero-order valence-electron chi connectivity index (χ0n) is 11.4. The fourth-order valence-electron chi connectivity index (χ4n) is 2.32. The molecule has 0 aliphatic heterocycles. The third-order valence-corrected chi connectivity index (χ3v) is 3.45. The average molecular weight is 278 g/mol. The predicted molar refractivity (Wildman–Crippen MR) is 79.3 cm³/mol. The molecule has 102 valence electrons. The molecule has 0 saturated carbocycles. The quantitative estimate of drug-likeness (QED) is 0.909. The zero-order valence-corrected chi connectivity index (χ0v) is 12.2. The summed E-state index contributed by atoms with van der Waals surface area (Å²) in [5.74, 6) is 0.